The summed E-state index contributed by atoms with van der Waals surface area (Å²) in [6.07, 6.45) is 6.49. The van der Waals surface area contributed by atoms with Crippen LogP contribution in [0.1, 0.15) is 49.3 Å². The van der Waals surface area contributed by atoms with Gasteiger partial charge in [0.25, 0.3) is 0 Å². The van der Waals surface area contributed by atoms with E-state index < -0.39 is 0 Å². The minimum atomic E-state index is -0.0394. The van der Waals surface area contributed by atoms with Crippen LogP contribution in [0.15, 0.2) is 28.3 Å². The number of aliphatic imine (C=N–C) groups is 1. The molecule has 2 saturated carbocycles. The first-order valence-corrected chi connectivity index (χ1v) is 9.05. The van der Waals surface area contributed by atoms with Crippen LogP contribution in [0.3, 0.4) is 0 Å². The van der Waals surface area contributed by atoms with Crippen LogP contribution in [0.2, 0.25) is 0 Å². The van der Waals surface area contributed by atoms with Gasteiger partial charge in [0.15, 0.2) is 0 Å². The molecule has 0 unspecified atom stereocenters. The highest BCUT2D eigenvalue weighted by atomic mass is 16.5. The zero-order valence-corrected chi connectivity index (χ0v) is 15.0. The molecule has 4 nitrogen and oxygen atoms in total. The van der Waals surface area contributed by atoms with E-state index in [9.17, 15) is 0 Å². The van der Waals surface area contributed by atoms with Crippen molar-refractivity contribution in [3.8, 4) is 11.8 Å². The van der Waals surface area contributed by atoms with Crippen LogP contribution < -0.4 is 5.84 Å². The molecule has 5 rings (SSSR count). The minimum absolute atomic E-state index is 0.0394. The van der Waals surface area contributed by atoms with Crippen LogP contribution in [0.5, 0.6) is 0 Å². The highest BCUT2D eigenvalue weighted by Crippen LogP contribution is 2.57. The van der Waals surface area contributed by atoms with Gasteiger partial charge in [-0.15, -0.1) is 0 Å². The quantitative estimate of drug-likeness (QED) is 0.398. The maximum Gasteiger partial charge on any atom is 0.108 e. The zero-order chi connectivity index (χ0) is 17.5. The Balaban J connectivity index is 1.44. The maximum absolute atomic E-state index is 5.93. The first-order valence-electron chi connectivity index (χ1n) is 9.05. The van der Waals surface area contributed by atoms with Crippen molar-refractivity contribution in [2.45, 2.75) is 45.1 Å². The molecular weight excluding hydrogens is 310 g/mol. The molecule has 2 N–H and O–H groups in total. The van der Waals surface area contributed by atoms with Crippen molar-refractivity contribution >= 4 is 11.9 Å². The average Bonchev–Trinajstić information content (AvgIpc) is 3.27. The summed E-state index contributed by atoms with van der Waals surface area (Å²) in [5.41, 5.74) is 4.22. The van der Waals surface area contributed by atoms with Gasteiger partial charge in [0.1, 0.15) is 5.71 Å². The third kappa shape index (κ3) is 3.34. The topological polar surface area (TPSA) is 60.0 Å². The number of rotatable bonds is 4. The molecule has 0 amide bonds. The molecule has 2 heterocycles. The van der Waals surface area contributed by atoms with Gasteiger partial charge in [0, 0.05) is 23.3 Å². The largest absolute Gasteiger partial charge is 0.372 e. The molecule has 2 aliphatic carbocycles. The summed E-state index contributed by atoms with van der Waals surface area (Å²) in [5, 5.41) is 3.94. The number of nitrogens with zero attached hydrogens (tertiary/aromatic N) is 2. The van der Waals surface area contributed by atoms with Crippen molar-refractivity contribution in [1.82, 2.24) is 0 Å². The van der Waals surface area contributed by atoms with Gasteiger partial charge in [0.05, 0.1) is 18.8 Å². The standard InChI is InChI=1S/C21H25N3O/c1-15-9-17(6-5-16-3-4-16)7-8-18(15)19(24-22)10-23-13-21-11-20(2,12-21)14-25-21/h7-10,16H,3-4,11-14,22H2,1-2H3/b23-10?,24-19+. The molecule has 4 aliphatic rings. The molecule has 4 heteroatoms. The fraction of sp³-hybridized carbons (Fsp3) is 0.524. The fourth-order valence-electron chi connectivity index (χ4n) is 4.11. The lowest BCUT2D eigenvalue weighted by molar-refractivity contribution is -0.00183. The van der Waals surface area contributed by atoms with E-state index in [1.54, 1.807) is 6.21 Å². The van der Waals surface area contributed by atoms with E-state index in [1.165, 1.54) is 12.8 Å². The van der Waals surface area contributed by atoms with Crippen molar-refractivity contribution in [2.75, 3.05) is 13.2 Å². The predicted molar refractivity (Wildman–Crippen MR) is 101 cm³/mol. The third-order valence-corrected chi connectivity index (χ3v) is 5.46. The molecule has 25 heavy (non-hydrogen) atoms. The van der Waals surface area contributed by atoms with Crippen molar-refractivity contribution < 1.29 is 4.74 Å². The highest BCUT2D eigenvalue weighted by Gasteiger charge is 2.59. The summed E-state index contributed by atoms with van der Waals surface area (Å²) < 4.78 is 5.93. The Labute approximate surface area is 149 Å². The second-order valence-corrected chi connectivity index (χ2v) is 8.19. The Hall–Kier alpha value is -2.12. The van der Waals surface area contributed by atoms with Gasteiger partial charge in [-0.25, -0.2) is 0 Å². The molecule has 2 aliphatic heterocycles. The summed E-state index contributed by atoms with van der Waals surface area (Å²) in [7, 11) is 0. The van der Waals surface area contributed by atoms with Crippen LogP contribution in [0, 0.1) is 30.1 Å². The number of ether oxygens (including phenoxy) is 1. The number of hydrogen-bond acceptors (Lipinski definition) is 4. The maximum atomic E-state index is 5.93. The molecule has 2 saturated heterocycles. The van der Waals surface area contributed by atoms with Gasteiger partial charge in [-0.05, 0) is 55.7 Å². The molecule has 1 aromatic rings. The van der Waals surface area contributed by atoms with Crippen LogP contribution in [-0.2, 0) is 4.74 Å². The van der Waals surface area contributed by atoms with Gasteiger partial charge in [-0.2, -0.15) is 5.10 Å². The first kappa shape index (κ1) is 16.4. The molecule has 0 radical (unpaired) electrons. The molecule has 1 aromatic carbocycles. The molecule has 0 atom stereocenters. The van der Waals surface area contributed by atoms with E-state index in [-0.39, 0.29) is 5.60 Å². The second-order valence-electron chi connectivity index (χ2n) is 8.19. The Morgan fingerprint density at radius 3 is 2.80 bits per heavy atom. The normalized spacial score (nSPS) is 30.9. The number of benzene rings is 1. The minimum Gasteiger partial charge on any atom is -0.372 e. The number of hydrogen-bond donors (Lipinski definition) is 1. The number of nitrogens with two attached hydrogens (primary N) is 1. The molecule has 0 spiro atoms. The van der Waals surface area contributed by atoms with E-state index in [0.717, 1.165) is 36.1 Å². The third-order valence-electron chi connectivity index (χ3n) is 5.46. The number of aryl methyl sites for hydroxylation is 1. The highest BCUT2D eigenvalue weighted by molar-refractivity contribution is 6.38. The van der Waals surface area contributed by atoms with Crippen molar-refractivity contribution in [3.63, 3.8) is 0 Å². The van der Waals surface area contributed by atoms with Crippen LogP contribution >= 0.6 is 0 Å². The van der Waals surface area contributed by atoms with Gasteiger partial charge in [0.2, 0.25) is 0 Å². The lowest BCUT2D eigenvalue weighted by Gasteiger charge is -2.41. The number of hydrazone groups is 1. The summed E-state index contributed by atoms with van der Waals surface area (Å²) >= 11 is 0. The Bertz CT molecular complexity index is 802. The molecule has 4 fully saturated rings. The van der Waals surface area contributed by atoms with Crippen LogP contribution in [0.25, 0.3) is 0 Å². The monoisotopic (exact) mass is 335 g/mol. The van der Waals surface area contributed by atoms with Crippen LogP contribution in [0.4, 0.5) is 0 Å². The smallest absolute Gasteiger partial charge is 0.108 e. The number of fused-ring (bicyclic) bond motifs is 1. The Morgan fingerprint density at radius 1 is 1.40 bits per heavy atom. The van der Waals surface area contributed by atoms with Crippen molar-refractivity contribution in [2.24, 2.45) is 27.3 Å². The first-order chi connectivity index (χ1) is 12.0. The van der Waals surface area contributed by atoms with Crippen molar-refractivity contribution in [1.29, 1.82) is 0 Å². The van der Waals surface area contributed by atoms with Gasteiger partial charge < -0.3 is 10.6 Å². The SMILES string of the molecule is Cc1cc(C#CC2CC2)ccc1/C(C=NCC12CC(C)(CO1)C2)=N/N. The lowest BCUT2D eigenvalue weighted by Crippen LogP contribution is -2.44. The van der Waals surface area contributed by atoms with E-state index in [4.69, 9.17) is 10.6 Å². The average molecular weight is 335 g/mol. The van der Waals surface area contributed by atoms with Gasteiger partial charge in [-0.1, -0.05) is 24.8 Å². The summed E-state index contributed by atoms with van der Waals surface area (Å²) in [4.78, 5) is 4.58. The summed E-state index contributed by atoms with van der Waals surface area (Å²) in [6, 6.07) is 6.17. The molecular formula is C21H25N3O. The second kappa shape index (κ2) is 6.00. The van der Waals surface area contributed by atoms with Gasteiger partial charge in [-0.3, -0.25) is 4.99 Å². The van der Waals surface area contributed by atoms with Crippen molar-refractivity contribution in [3.05, 3.63) is 34.9 Å². The summed E-state index contributed by atoms with van der Waals surface area (Å²) in [5.74, 6) is 12.8. The fourth-order valence-corrected chi connectivity index (χ4v) is 4.11. The lowest BCUT2D eigenvalue weighted by atomic mass is 9.64. The molecule has 2 bridgehead atoms. The van der Waals surface area contributed by atoms with E-state index in [1.807, 2.05) is 12.1 Å². The summed E-state index contributed by atoms with van der Waals surface area (Å²) in [6.45, 7) is 5.90. The zero-order valence-electron chi connectivity index (χ0n) is 15.0. The molecule has 130 valence electrons. The van der Waals surface area contributed by atoms with Gasteiger partial charge >= 0.3 is 0 Å². The van der Waals surface area contributed by atoms with E-state index in [0.29, 0.717) is 23.6 Å². The van der Waals surface area contributed by atoms with E-state index in [2.05, 4.69) is 41.8 Å². The predicted octanol–water partition coefficient (Wildman–Crippen LogP) is 3.06. The molecule has 0 aromatic heterocycles. The van der Waals surface area contributed by atoms with Crippen LogP contribution in [-0.4, -0.2) is 30.7 Å². The van der Waals surface area contributed by atoms with E-state index >= 15 is 0 Å². The Morgan fingerprint density at radius 2 is 2.20 bits per heavy atom. The Kier molecular flexibility index (Phi) is 3.92.